The van der Waals surface area contributed by atoms with Crippen molar-refractivity contribution >= 4 is 23.2 Å². The normalized spacial score (nSPS) is 11.8. The number of hydrogen-bond donors (Lipinski definition) is 0. The summed E-state index contributed by atoms with van der Waals surface area (Å²) in [5.74, 6) is 0.172. The molecule has 0 N–H and O–H groups in total. The highest BCUT2D eigenvalue weighted by atomic mass is 35.5. The van der Waals surface area contributed by atoms with E-state index in [0.717, 1.165) is 0 Å². The van der Waals surface area contributed by atoms with Crippen LogP contribution in [-0.2, 0) is 6.42 Å². The molecule has 0 saturated heterocycles. The first-order valence-corrected chi connectivity index (χ1v) is 5.36. The standard InChI is InChI=1S/C11H13Cl2F/c1-11(2,7-12)6-8-4-3-5-9(13)10(8)14/h3-5H,6-7H2,1-2H3. The van der Waals surface area contributed by atoms with E-state index < -0.39 is 0 Å². The molecule has 0 nitrogen and oxygen atoms in total. The molecule has 0 aliphatic heterocycles. The van der Waals surface area contributed by atoms with Gasteiger partial charge in [-0.15, -0.1) is 11.6 Å². The number of hydrogen-bond acceptors (Lipinski definition) is 0. The topological polar surface area (TPSA) is 0 Å². The molecule has 0 amide bonds. The summed E-state index contributed by atoms with van der Waals surface area (Å²) in [6.45, 7) is 4.00. The lowest BCUT2D eigenvalue weighted by Gasteiger charge is -2.21. The Morgan fingerprint density at radius 3 is 2.57 bits per heavy atom. The van der Waals surface area contributed by atoms with Crippen LogP contribution in [0, 0.1) is 11.2 Å². The van der Waals surface area contributed by atoms with Crippen molar-refractivity contribution in [2.24, 2.45) is 5.41 Å². The molecule has 0 aromatic heterocycles. The zero-order chi connectivity index (χ0) is 10.8. The Bertz CT molecular complexity index is 321. The largest absolute Gasteiger partial charge is 0.205 e. The van der Waals surface area contributed by atoms with Gasteiger partial charge < -0.3 is 0 Å². The molecule has 0 aliphatic carbocycles. The Morgan fingerprint density at radius 1 is 1.36 bits per heavy atom. The third-order valence-corrected chi connectivity index (χ3v) is 3.08. The van der Waals surface area contributed by atoms with E-state index in [-0.39, 0.29) is 16.3 Å². The molecular weight excluding hydrogens is 222 g/mol. The van der Waals surface area contributed by atoms with Crippen LogP contribution < -0.4 is 0 Å². The number of alkyl halides is 1. The smallest absolute Gasteiger partial charge is 0.144 e. The highest BCUT2D eigenvalue weighted by Gasteiger charge is 2.19. The molecule has 0 atom stereocenters. The molecule has 0 unspecified atom stereocenters. The van der Waals surface area contributed by atoms with E-state index in [1.165, 1.54) is 0 Å². The highest BCUT2D eigenvalue weighted by molar-refractivity contribution is 6.30. The van der Waals surface area contributed by atoms with E-state index in [1.54, 1.807) is 18.2 Å². The Balaban J connectivity index is 2.92. The fourth-order valence-corrected chi connectivity index (χ4v) is 1.54. The maximum atomic E-state index is 13.5. The molecular formula is C11H13Cl2F. The van der Waals surface area contributed by atoms with Crippen LogP contribution in [0.5, 0.6) is 0 Å². The van der Waals surface area contributed by atoms with E-state index in [9.17, 15) is 4.39 Å². The van der Waals surface area contributed by atoms with Crippen LogP contribution in [-0.4, -0.2) is 5.88 Å². The minimum atomic E-state index is -0.327. The second-order valence-electron chi connectivity index (χ2n) is 4.19. The monoisotopic (exact) mass is 234 g/mol. The lowest BCUT2D eigenvalue weighted by atomic mass is 9.88. The first kappa shape index (κ1) is 11.8. The molecule has 0 bridgehead atoms. The summed E-state index contributed by atoms with van der Waals surface area (Å²) in [5, 5.41) is 0.174. The van der Waals surface area contributed by atoms with Gasteiger partial charge in [-0.3, -0.25) is 0 Å². The predicted molar refractivity (Wildman–Crippen MR) is 59.6 cm³/mol. The molecule has 0 radical (unpaired) electrons. The first-order chi connectivity index (χ1) is 6.46. The van der Waals surface area contributed by atoms with Crippen LogP contribution in [0.2, 0.25) is 5.02 Å². The van der Waals surface area contributed by atoms with Crippen molar-refractivity contribution in [3.63, 3.8) is 0 Å². The molecule has 1 aromatic rings. The minimum Gasteiger partial charge on any atom is -0.205 e. The molecule has 0 fully saturated rings. The van der Waals surface area contributed by atoms with Crippen LogP contribution in [0.15, 0.2) is 18.2 Å². The quantitative estimate of drug-likeness (QED) is 0.685. The van der Waals surface area contributed by atoms with Gasteiger partial charge in [-0.2, -0.15) is 0 Å². The molecule has 0 spiro atoms. The highest BCUT2D eigenvalue weighted by Crippen LogP contribution is 2.27. The van der Waals surface area contributed by atoms with Gasteiger partial charge in [-0.1, -0.05) is 37.6 Å². The number of benzene rings is 1. The SMILES string of the molecule is CC(C)(CCl)Cc1cccc(Cl)c1F. The van der Waals surface area contributed by atoms with E-state index >= 15 is 0 Å². The Morgan fingerprint density at radius 2 is 2.00 bits per heavy atom. The van der Waals surface area contributed by atoms with Crippen LogP contribution in [0.4, 0.5) is 4.39 Å². The van der Waals surface area contributed by atoms with E-state index in [1.807, 2.05) is 13.8 Å². The van der Waals surface area contributed by atoms with Gasteiger partial charge in [0.1, 0.15) is 5.82 Å². The lowest BCUT2D eigenvalue weighted by molar-refractivity contribution is 0.409. The summed E-state index contributed by atoms with van der Waals surface area (Å²) >= 11 is 11.5. The summed E-state index contributed by atoms with van der Waals surface area (Å²) in [6, 6.07) is 5.05. The van der Waals surface area contributed by atoms with Crippen molar-refractivity contribution < 1.29 is 4.39 Å². The minimum absolute atomic E-state index is 0.104. The summed E-state index contributed by atoms with van der Waals surface area (Å²) in [4.78, 5) is 0. The van der Waals surface area contributed by atoms with Gasteiger partial charge in [0.2, 0.25) is 0 Å². The van der Waals surface area contributed by atoms with Crippen molar-refractivity contribution in [1.29, 1.82) is 0 Å². The lowest BCUT2D eigenvalue weighted by Crippen LogP contribution is -2.17. The van der Waals surface area contributed by atoms with Gasteiger partial charge in [0, 0.05) is 5.88 Å². The van der Waals surface area contributed by atoms with Crippen LogP contribution in [0.3, 0.4) is 0 Å². The van der Waals surface area contributed by atoms with Gasteiger partial charge in [-0.25, -0.2) is 4.39 Å². The fourth-order valence-electron chi connectivity index (χ4n) is 1.25. The molecule has 0 saturated carbocycles. The van der Waals surface area contributed by atoms with Crippen LogP contribution in [0.1, 0.15) is 19.4 Å². The summed E-state index contributed by atoms with van der Waals surface area (Å²) in [5.41, 5.74) is 0.524. The number of rotatable bonds is 3. The Hall–Kier alpha value is -0.270. The summed E-state index contributed by atoms with van der Waals surface area (Å²) < 4.78 is 13.5. The van der Waals surface area contributed by atoms with E-state index in [2.05, 4.69) is 0 Å². The molecule has 3 heteroatoms. The molecule has 14 heavy (non-hydrogen) atoms. The molecule has 1 aromatic carbocycles. The maximum absolute atomic E-state index is 13.5. The second kappa shape index (κ2) is 4.50. The predicted octanol–water partition coefficient (Wildman–Crippen LogP) is 4.29. The van der Waals surface area contributed by atoms with Gasteiger partial charge in [0.15, 0.2) is 0 Å². The van der Waals surface area contributed by atoms with Crippen molar-refractivity contribution in [3.05, 3.63) is 34.6 Å². The zero-order valence-electron chi connectivity index (χ0n) is 8.28. The van der Waals surface area contributed by atoms with E-state index in [4.69, 9.17) is 23.2 Å². The second-order valence-corrected chi connectivity index (χ2v) is 4.86. The van der Waals surface area contributed by atoms with Crippen LogP contribution >= 0.6 is 23.2 Å². The van der Waals surface area contributed by atoms with Gasteiger partial charge in [-0.05, 0) is 23.5 Å². The fraction of sp³-hybridized carbons (Fsp3) is 0.455. The van der Waals surface area contributed by atoms with Crippen molar-refractivity contribution in [2.45, 2.75) is 20.3 Å². The van der Waals surface area contributed by atoms with Gasteiger partial charge in [0.05, 0.1) is 5.02 Å². The Kier molecular flexibility index (Phi) is 3.79. The van der Waals surface area contributed by atoms with Crippen LogP contribution in [0.25, 0.3) is 0 Å². The Labute approximate surface area is 94.0 Å². The first-order valence-electron chi connectivity index (χ1n) is 4.45. The zero-order valence-corrected chi connectivity index (χ0v) is 9.79. The molecule has 0 heterocycles. The van der Waals surface area contributed by atoms with E-state index in [0.29, 0.717) is 17.9 Å². The third-order valence-electron chi connectivity index (χ3n) is 2.06. The average Bonchev–Trinajstić information content (AvgIpc) is 2.13. The molecule has 0 aliphatic rings. The number of halogens is 3. The summed E-state index contributed by atoms with van der Waals surface area (Å²) in [6.07, 6.45) is 0.600. The third kappa shape index (κ3) is 2.86. The molecule has 1 rings (SSSR count). The summed E-state index contributed by atoms with van der Waals surface area (Å²) in [7, 11) is 0. The van der Waals surface area contributed by atoms with Gasteiger partial charge in [0.25, 0.3) is 0 Å². The average molecular weight is 235 g/mol. The van der Waals surface area contributed by atoms with Gasteiger partial charge >= 0.3 is 0 Å². The van der Waals surface area contributed by atoms with Crippen molar-refractivity contribution in [1.82, 2.24) is 0 Å². The molecule has 78 valence electrons. The van der Waals surface area contributed by atoms with Crippen molar-refractivity contribution in [2.75, 3.05) is 5.88 Å². The maximum Gasteiger partial charge on any atom is 0.144 e. The van der Waals surface area contributed by atoms with Crippen molar-refractivity contribution in [3.8, 4) is 0 Å².